The minimum Gasteiger partial charge on any atom is -0.484 e. The fourth-order valence-electron chi connectivity index (χ4n) is 2.02. The summed E-state index contributed by atoms with van der Waals surface area (Å²) < 4.78 is 5.43. The summed E-state index contributed by atoms with van der Waals surface area (Å²) in [6, 6.07) is 7.46. The van der Waals surface area contributed by atoms with Gasteiger partial charge in [0.1, 0.15) is 5.75 Å². The van der Waals surface area contributed by atoms with E-state index in [0.717, 1.165) is 31.6 Å². The minimum absolute atomic E-state index is 0.0435. The molecule has 0 saturated heterocycles. The van der Waals surface area contributed by atoms with Crippen molar-refractivity contribution in [2.45, 2.75) is 26.8 Å². The molecule has 0 bridgehead atoms. The van der Waals surface area contributed by atoms with Gasteiger partial charge in [-0.05, 0) is 37.2 Å². The number of benzene rings is 1. The van der Waals surface area contributed by atoms with Gasteiger partial charge in [0.15, 0.2) is 6.61 Å². The Morgan fingerprint density at radius 1 is 1.24 bits per heavy atom. The van der Waals surface area contributed by atoms with Gasteiger partial charge in [-0.25, -0.2) is 0 Å². The van der Waals surface area contributed by atoms with Crippen molar-refractivity contribution < 1.29 is 9.53 Å². The molecule has 0 aliphatic heterocycles. The standard InChI is InChI=1S/C16H27N3O2/c1-3-10-19(4-2)11-9-18-16(20)13-21-15-7-5-14(12-17)6-8-15/h5-8H,3-4,9-13,17H2,1-2H3,(H,18,20). The van der Waals surface area contributed by atoms with Crippen LogP contribution in [0.2, 0.25) is 0 Å². The number of likely N-dealkylation sites (N-methyl/N-ethyl adjacent to an activating group) is 1. The first-order valence-corrected chi connectivity index (χ1v) is 7.60. The summed E-state index contributed by atoms with van der Waals surface area (Å²) in [6.07, 6.45) is 1.13. The molecule has 0 fully saturated rings. The van der Waals surface area contributed by atoms with Gasteiger partial charge in [-0.15, -0.1) is 0 Å². The van der Waals surface area contributed by atoms with Crippen LogP contribution in [0, 0.1) is 0 Å². The van der Waals surface area contributed by atoms with Crippen LogP contribution in [0.25, 0.3) is 0 Å². The van der Waals surface area contributed by atoms with Crippen molar-refractivity contribution >= 4 is 5.91 Å². The summed E-state index contributed by atoms with van der Waals surface area (Å²) in [7, 11) is 0. The van der Waals surface area contributed by atoms with Gasteiger partial charge in [-0.3, -0.25) is 4.79 Å². The van der Waals surface area contributed by atoms with E-state index in [1.165, 1.54) is 0 Å². The maximum absolute atomic E-state index is 11.7. The van der Waals surface area contributed by atoms with Crippen LogP contribution in [0.3, 0.4) is 0 Å². The van der Waals surface area contributed by atoms with Crippen molar-refractivity contribution in [1.82, 2.24) is 10.2 Å². The van der Waals surface area contributed by atoms with E-state index < -0.39 is 0 Å². The van der Waals surface area contributed by atoms with Crippen molar-refractivity contribution in [3.8, 4) is 5.75 Å². The fraction of sp³-hybridized carbons (Fsp3) is 0.562. The molecule has 0 unspecified atom stereocenters. The predicted octanol–water partition coefficient (Wildman–Crippen LogP) is 1.37. The molecule has 1 aromatic rings. The average molecular weight is 293 g/mol. The molecular weight excluding hydrogens is 266 g/mol. The quantitative estimate of drug-likeness (QED) is 0.684. The van der Waals surface area contributed by atoms with E-state index in [-0.39, 0.29) is 12.5 Å². The van der Waals surface area contributed by atoms with Crippen LogP contribution in [-0.4, -0.2) is 43.6 Å². The lowest BCUT2D eigenvalue weighted by atomic mass is 10.2. The van der Waals surface area contributed by atoms with E-state index in [1.54, 1.807) is 0 Å². The van der Waals surface area contributed by atoms with Gasteiger partial charge in [0.05, 0.1) is 0 Å². The molecule has 1 aromatic carbocycles. The Morgan fingerprint density at radius 2 is 1.95 bits per heavy atom. The zero-order valence-electron chi connectivity index (χ0n) is 13.1. The van der Waals surface area contributed by atoms with Crippen LogP contribution in [0.1, 0.15) is 25.8 Å². The van der Waals surface area contributed by atoms with Gasteiger partial charge in [0, 0.05) is 19.6 Å². The van der Waals surface area contributed by atoms with Gasteiger partial charge in [-0.2, -0.15) is 0 Å². The first-order chi connectivity index (χ1) is 10.2. The molecule has 3 N–H and O–H groups in total. The highest BCUT2D eigenvalue weighted by Gasteiger charge is 2.04. The Labute approximate surface area is 127 Å². The number of carbonyl (C=O) groups excluding carboxylic acids is 1. The summed E-state index contributed by atoms with van der Waals surface area (Å²) in [4.78, 5) is 14.0. The highest BCUT2D eigenvalue weighted by molar-refractivity contribution is 5.77. The van der Waals surface area contributed by atoms with E-state index in [0.29, 0.717) is 18.8 Å². The number of nitrogens with zero attached hydrogens (tertiary/aromatic N) is 1. The zero-order valence-corrected chi connectivity index (χ0v) is 13.1. The SMILES string of the molecule is CCCN(CC)CCNC(=O)COc1ccc(CN)cc1. The molecule has 0 aliphatic rings. The molecule has 0 heterocycles. The Morgan fingerprint density at radius 3 is 2.52 bits per heavy atom. The molecule has 5 nitrogen and oxygen atoms in total. The van der Waals surface area contributed by atoms with Crippen LogP contribution in [-0.2, 0) is 11.3 Å². The number of amides is 1. The molecule has 0 atom stereocenters. The van der Waals surface area contributed by atoms with Crippen LogP contribution < -0.4 is 15.8 Å². The number of rotatable bonds is 10. The van der Waals surface area contributed by atoms with E-state index >= 15 is 0 Å². The summed E-state index contributed by atoms with van der Waals surface area (Å²) in [5, 5.41) is 2.87. The third-order valence-electron chi connectivity index (χ3n) is 3.27. The van der Waals surface area contributed by atoms with Gasteiger partial charge >= 0.3 is 0 Å². The van der Waals surface area contributed by atoms with E-state index in [2.05, 4.69) is 24.1 Å². The van der Waals surface area contributed by atoms with Crippen molar-refractivity contribution in [2.24, 2.45) is 5.73 Å². The molecule has 0 aromatic heterocycles. The number of hydrogen-bond acceptors (Lipinski definition) is 4. The number of ether oxygens (including phenoxy) is 1. The number of hydrogen-bond donors (Lipinski definition) is 2. The molecule has 0 aliphatic carbocycles. The molecule has 1 amide bonds. The second-order valence-corrected chi connectivity index (χ2v) is 4.92. The lowest BCUT2D eigenvalue weighted by Crippen LogP contribution is -2.37. The number of nitrogens with one attached hydrogen (secondary N) is 1. The Balaban J connectivity index is 2.21. The van der Waals surface area contributed by atoms with Crippen molar-refractivity contribution in [1.29, 1.82) is 0 Å². The van der Waals surface area contributed by atoms with Crippen LogP contribution in [0.4, 0.5) is 0 Å². The second-order valence-electron chi connectivity index (χ2n) is 4.92. The second kappa shape index (κ2) is 10.2. The number of nitrogens with two attached hydrogens (primary N) is 1. The molecule has 5 heteroatoms. The zero-order chi connectivity index (χ0) is 15.5. The van der Waals surface area contributed by atoms with Gasteiger partial charge in [0.25, 0.3) is 5.91 Å². The molecule has 118 valence electrons. The molecule has 1 rings (SSSR count). The molecule has 0 saturated carbocycles. The molecular formula is C16H27N3O2. The monoisotopic (exact) mass is 293 g/mol. The molecule has 21 heavy (non-hydrogen) atoms. The summed E-state index contributed by atoms with van der Waals surface area (Å²) in [6.45, 7) is 8.44. The topological polar surface area (TPSA) is 67.6 Å². The van der Waals surface area contributed by atoms with Crippen LogP contribution in [0.15, 0.2) is 24.3 Å². The number of carbonyl (C=O) groups is 1. The first kappa shape index (κ1) is 17.5. The third kappa shape index (κ3) is 7.11. The Kier molecular flexibility index (Phi) is 8.47. The largest absolute Gasteiger partial charge is 0.484 e. The van der Waals surface area contributed by atoms with Gasteiger partial charge < -0.3 is 20.7 Å². The minimum atomic E-state index is -0.0922. The molecule has 0 spiro atoms. The van der Waals surface area contributed by atoms with Crippen molar-refractivity contribution in [3.05, 3.63) is 29.8 Å². The maximum atomic E-state index is 11.7. The summed E-state index contributed by atoms with van der Waals surface area (Å²) in [5.41, 5.74) is 6.57. The van der Waals surface area contributed by atoms with Crippen LogP contribution >= 0.6 is 0 Å². The highest BCUT2D eigenvalue weighted by atomic mass is 16.5. The Hall–Kier alpha value is -1.59. The molecule has 0 radical (unpaired) electrons. The lowest BCUT2D eigenvalue weighted by Gasteiger charge is -2.19. The van der Waals surface area contributed by atoms with Gasteiger partial charge in [0.2, 0.25) is 0 Å². The smallest absolute Gasteiger partial charge is 0.257 e. The van der Waals surface area contributed by atoms with Crippen LogP contribution in [0.5, 0.6) is 5.75 Å². The summed E-state index contributed by atoms with van der Waals surface area (Å²) >= 11 is 0. The average Bonchev–Trinajstić information content (AvgIpc) is 2.52. The highest BCUT2D eigenvalue weighted by Crippen LogP contribution is 2.11. The Bertz CT molecular complexity index is 406. The third-order valence-corrected chi connectivity index (χ3v) is 3.27. The fourth-order valence-corrected chi connectivity index (χ4v) is 2.02. The van der Waals surface area contributed by atoms with E-state index in [9.17, 15) is 4.79 Å². The van der Waals surface area contributed by atoms with Gasteiger partial charge in [-0.1, -0.05) is 26.0 Å². The predicted molar refractivity (Wildman–Crippen MR) is 85.2 cm³/mol. The van der Waals surface area contributed by atoms with Crippen molar-refractivity contribution in [2.75, 3.05) is 32.8 Å². The maximum Gasteiger partial charge on any atom is 0.257 e. The van der Waals surface area contributed by atoms with E-state index in [1.807, 2.05) is 24.3 Å². The first-order valence-electron chi connectivity index (χ1n) is 7.60. The normalized spacial score (nSPS) is 10.7. The van der Waals surface area contributed by atoms with E-state index in [4.69, 9.17) is 10.5 Å². The van der Waals surface area contributed by atoms with Crippen molar-refractivity contribution in [3.63, 3.8) is 0 Å². The lowest BCUT2D eigenvalue weighted by molar-refractivity contribution is -0.123. The summed E-state index contributed by atoms with van der Waals surface area (Å²) in [5.74, 6) is 0.592.